The lowest BCUT2D eigenvalue weighted by molar-refractivity contribution is 0.217. The molecule has 2 aromatic rings. The predicted octanol–water partition coefficient (Wildman–Crippen LogP) is 3.31. The summed E-state index contributed by atoms with van der Waals surface area (Å²) in [7, 11) is -3.61. The molecule has 0 fully saturated rings. The highest BCUT2D eigenvalue weighted by molar-refractivity contribution is 7.92. The zero-order valence-electron chi connectivity index (χ0n) is 15.0. The molecule has 0 saturated heterocycles. The van der Waals surface area contributed by atoms with Crippen LogP contribution in [-0.2, 0) is 16.4 Å². The third-order valence-corrected chi connectivity index (χ3v) is 6.42. The fourth-order valence-electron chi connectivity index (χ4n) is 3.11. The molecule has 0 aromatic heterocycles. The van der Waals surface area contributed by atoms with Crippen LogP contribution in [-0.4, -0.2) is 39.0 Å². The van der Waals surface area contributed by atoms with Gasteiger partial charge in [0.15, 0.2) is 0 Å². The van der Waals surface area contributed by atoms with Gasteiger partial charge in [0.05, 0.1) is 10.6 Å². The quantitative estimate of drug-likeness (QED) is 0.874. The van der Waals surface area contributed by atoms with Gasteiger partial charge >= 0.3 is 6.03 Å². The number of urea groups is 1. The zero-order chi connectivity index (χ0) is 18.7. The largest absolute Gasteiger partial charge is 0.325 e. The number of rotatable bonds is 5. The molecule has 2 amide bonds. The van der Waals surface area contributed by atoms with E-state index in [4.69, 9.17) is 0 Å². The molecular weight excluding hydrogens is 350 g/mol. The van der Waals surface area contributed by atoms with Crippen LogP contribution >= 0.6 is 0 Å². The van der Waals surface area contributed by atoms with Gasteiger partial charge in [-0.25, -0.2) is 13.2 Å². The Labute approximate surface area is 154 Å². The van der Waals surface area contributed by atoms with E-state index in [-0.39, 0.29) is 10.9 Å². The number of anilines is 2. The number of nitrogens with zero attached hydrogens (tertiary/aromatic N) is 2. The smallest absolute Gasteiger partial charge is 0.321 e. The van der Waals surface area contributed by atoms with Gasteiger partial charge < -0.3 is 10.2 Å². The lowest BCUT2D eigenvalue weighted by Crippen LogP contribution is -2.34. The van der Waals surface area contributed by atoms with Crippen LogP contribution in [0.25, 0.3) is 0 Å². The van der Waals surface area contributed by atoms with E-state index in [0.29, 0.717) is 31.7 Å². The van der Waals surface area contributed by atoms with E-state index in [2.05, 4.69) is 5.32 Å². The third kappa shape index (κ3) is 3.39. The fraction of sp³-hybridized carbons (Fsp3) is 0.316. The predicted molar refractivity (Wildman–Crippen MR) is 103 cm³/mol. The lowest BCUT2D eigenvalue weighted by Gasteiger charge is -2.21. The Morgan fingerprint density at radius 2 is 1.73 bits per heavy atom. The number of para-hydroxylation sites is 1. The van der Waals surface area contributed by atoms with E-state index in [1.807, 2.05) is 38.1 Å². The van der Waals surface area contributed by atoms with Crippen LogP contribution in [0, 0.1) is 0 Å². The number of hydrogen-bond donors (Lipinski definition) is 1. The van der Waals surface area contributed by atoms with Crippen molar-refractivity contribution in [2.24, 2.45) is 0 Å². The maximum Gasteiger partial charge on any atom is 0.321 e. The molecule has 0 bridgehead atoms. The molecule has 3 rings (SSSR count). The molecule has 1 aliphatic heterocycles. The summed E-state index contributed by atoms with van der Waals surface area (Å²) in [6.45, 7) is 5.49. The molecule has 26 heavy (non-hydrogen) atoms. The summed E-state index contributed by atoms with van der Waals surface area (Å²) in [5.74, 6) is 0. The van der Waals surface area contributed by atoms with Crippen LogP contribution in [0.2, 0.25) is 0 Å². The molecule has 1 aliphatic rings. The number of nitrogens with one attached hydrogen (secondary N) is 1. The monoisotopic (exact) mass is 373 g/mol. The Balaban J connectivity index is 1.79. The Hall–Kier alpha value is -2.54. The van der Waals surface area contributed by atoms with E-state index < -0.39 is 10.0 Å². The van der Waals surface area contributed by atoms with Crippen LogP contribution in [0.5, 0.6) is 0 Å². The van der Waals surface area contributed by atoms with Gasteiger partial charge in [-0.05, 0) is 56.2 Å². The first-order valence-corrected chi connectivity index (χ1v) is 10.2. The molecule has 138 valence electrons. The van der Waals surface area contributed by atoms with Crippen molar-refractivity contribution in [3.05, 3.63) is 54.1 Å². The highest BCUT2D eigenvalue weighted by Gasteiger charge is 2.30. The summed E-state index contributed by atoms with van der Waals surface area (Å²) in [5.41, 5.74) is 2.35. The summed E-state index contributed by atoms with van der Waals surface area (Å²) >= 11 is 0. The van der Waals surface area contributed by atoms with Gasteiger partial charge in [-0.3, -0.25) is 4.31 Å². The van der Waals surface area contributed by atoms with Crippen molar-refractivity contribution in [1.82, 2.24) is 4.90 Å². The third-order valence-electron chi connectivity index (χ3n) is 4.59. The van der Waals surface area contributed by atoms with Gasteiger partial charge in [-0.2, -0.15) is 0 Å². The fourth-order valence-corrected chi connectivity index (χ4v) is 4.61. The van der Waals surface area contributed by atoms with Crippen molar-refractivity contribution in [2.75, 3.05) is 29.3 Å². The van der Waals surface area contributed by atoms with Crippen molar-refractivity contribution in [1.29, 1.82) is 0 Å². The second-order valence-electron chi connectivity index (χ2n) is 6.08. The normalized spacial score (nSPS) is 13.4. The van der Waals surface area contributed by atoms with E-state index >= 15 is 0 Å². The Bertz CT molecular complexity index is 891. The molecule has 0 aliphatic carbocycles. The number of carbonyl (C=O) groups is 1. The van der Waals surface area contributed by atoms with Gasteiger partial charge in [0, 0.05) is 25.3 Å². The SMILES string of the molecule is CCN(CC)C(=O)Nc1ccc(S(=O)(=O)N2CCc3ccccc32)cc1. The second-order valence-corrected chi connectivity index (χ2v) is 7.95. The minimum absolute atomic E-state index is 0.195. The van der Waals surface area contributed by atoms with Crippen molar-refractivity contribution >= 4 is 27.4 Å². The van der Waals surface area contributed by atoms with Crippen molar-refractivity contribution in [2.45, 2.75) is 25.2 Å². The maximum atomic E-state index is 13.0. The van der Waals surface area contributed by atoms with Gasteiger partial charge in [0.2, 0.25) is 0 Å². The number of carbonyl (C=O) groups excluding carboxylic acids is 1. The molecule has 0 unspecified atom stereocenters. The van der Waals surface area contributed by atoms with Crippen molar-refractivity contribution < 1.29 is 13.2 Å². The van der Waals surface area contributed by atoms with Gasteiger partial charge in [0.25, 0.3) is 10.0 Å². The van der Waals surface area contributed by atoms with Crippen molar-refractivity contribution in [3.63, 3.8) is 0 Å². The maximum absolute atomic E-state index is 13.0. The minimum atomic E-state index is -3.61. The Kier molecular flexibility index (Phi) is 5.18. The highest BCUT2D eigenvalue weighted by atomic mass is 32.2. The highest BCUT2D eigenvalue weighted by Crippen LogP contribution is 2.32. The van der Waals surface area contributed by atoms with E-state index in [9.17, 15) is 13.2 Å². The van der Waals surface area contributed by atoms with E-state index in [1.54, 1.807) is 17.0 Å². The van der Waals surface area contributed by atoms with Crippen LogP contribution in [0.3, 0.4) is 0 Å². The molecule has 1 N–H and O–H groups in total. The average molecular weight is 373 g/mol. The number of benzene rings is 2. The Morgan fingerprint density at radius 1 is 1.08 bits per heavy atom. The molecule has 1 heterocycles. The van der Waals surface area contributed by atoms with Gasteiger partial charge in [-0.15, -0.1) is 0 Å². The molecule has 0 radical (unpaired) electrons. The van der Waals surface area contributed by atoms with E-state index in [1.165, 1.54) is 16.4 Å². The van der Waals surface area contributed by atoms with Crippen LogP contribution < -0.4 is 9.62 Å². The van der Waals surface area contributed by atoms with Crippen molar-refractivity contribution in [3.8, 4) is 0 Å². The first kappa shape index (κ1) is 18.3. The summed E-state index contributed by atoms with van der Waals surface area (Å²) in [4.78, 5) is 14.0. The molecule has 0 spiro atoms. The van der Waals surface area contributed by atoms with Crippen LogP contribution in [0.4, 0.5) is 16.2 Å². The number of sulfonamides is 1. The molecule has 6 nitrogen and oxygen atoms in total. The first-order chi connectivity index (χ1) is 12.5. The van der Waals surface area contributed by atoms with Gasteiger partial charge in [-0.1, -0.05) is 18.2 Å². The van der Waals surface area contributed by atoms with Crippen LogP contribution in [0.15, 0.2) is 53.4 Å². The lowest BCUT2D eigenvalue weighted by atomic mass is 10.2. The Morgan fingerprint density at radius 3 is 2.38 bits per heavy atom. The number of amides is 2. The summed E-state index contributed by atoms with van der Waals surface area (Å²) < 4.78 is 27.4. The summed E-state index contributed by atoms with van der Waals surface area (Å²) in [5, 5.41) is 2.79. The summed E-state index contributed by atoms with van der Waals surface area (Å²) in [6, 6.07) is 13.7. The van der Waals surface area contributed by atoms with E-state index in [0.717, 1.165) is 11.3 Å². The minimum Gasteiger partial charge on any atom is -0.325 e. The second kappa shape index (κ2) is 7.37. The molecule has 0 atom stereocenters. The summed E-state index contributed by atoms with van der Waals surface area (Å²) in [6.07, 6.45) is 0.716. The first-order valence-electron chi connectivity index (χ1n) is 8.74. The zero-order valence-corrected chi connectivity index (χ0v) is 15.8. The standard InChI is InChI=1S/C19H23N3O3S/c1-3-21(4-2)19(23)20-16-9-11-17(12-10-16)26(24,25)22-14-13-15-7-5-6-8-18(15)22/h5-12H,3-4,13-14H2,1-2H3,(H,20,23). The molecule has 0 saturated carbocycles. The molecule has 7 heteroatoms. The van der Waals surface area contributed by atoms with Gasteiger partial charge in [0.1, 0.15) is 0 Å². The topological polar surface area (TPSA) is 69.7 Å². The molecular formula is C19H23N3O3S. The van der Waals surface area contributed by atoms with Crippen LogP contribution in [0.1, 0.15) is 19.4 Å². The number of hydrogen-bond acceptors (Lipinski definition) is 3. The molecule has 2 aromatic carbocycles. The average Bonchev–Trinajstić information content (AvgIpc) is 3.08. The number of fused-ring (bicyclic) bond motifs is 1.